The maximum Gasteiger partial charge on any atom is 0.254 e. The summed E-state index contributed by atoms with van der Waals surface area (Å²) in [5, 5.41) is 4.81. The lowest BCUT2D eigenvalue weighted by Crippen LogP contribution is -2.26. The second-order valence-electron chi connectivity index (χ2n) is 7.81. The number of aryl methyl sites for hydroxylation is 2. The van der Waals surface area contributed by atoms with Crippen LogP contribution in [-0.2, 0) is 13.1 Å². The second-order valence-corrected chi connectivity index (χ2v) is 7.81. The van der Waals surface area contributed by atoms with Crippen LogP contribution in [0.2, 0.25) is 0 Å². The number of carbonyl (C=O) groups is 1. The standard InChI is InChI=1S/C24H20F2N4O/c1-15-5-7-18(11-16(15)2)30-23(28-9-3-4-10-28)19-13-29(14-22(19)27-30)24(31)17-6-8-20(25)21(26)12-17/h3-12H,13-14H2,1-2H3. The van der Waals surface area contributed by atoms with Crippen LogP contribution in [0.4, 0.5) is 8.78 Å². The minimum absolute atomic E-state index is 0.119. The summed E-state index contributed by atoms with van der Waals surface area (Å²) in [5.41, 5.74) is 5.16. The molecule has 0 saturated carbocycles. The SMILES string of the molecule is Cc1ccc(-n2nc3c(c2-n2cccc2)CN(C(=O)c2ccc(F)c(F)c2)C3)cc1C. The molecule has 0 aliphatic carbocycles. The number of hydrogen-bond acceptors (Lipinski definition) is 2. The summed E-state index contributed by atoms with van der Waals surface area (Å²) < 4.78 is 30.8. The van der Waals surface area contributed by atoms with E-state index in [0.717, 1.165) is 34.9 Å². The number of aromatic nitrogens is 3. The predicted molar refractivity (Wildman–Crippen MR) is 112 cm³/mol. The van der Waals surface area contributed by atoms with Gasteiger partial charge in [0.15, 0.2) is 11.6 Å². The molecular formula is C24H20F2N4O. The van der Waals surface area contributed by atoms with Crippen LogP contribution in [0.5, 0.6) is 0 Å². The monoisotopic (exact) mass is 418 g/mol. The number of halogens is 2. The number of carbonyl (C=O) groups excluding carboxylic acids is 1. The fourth-order valence-corrected chi connectivity index (χ4v) is 3.94. The predicted octanol–water partition coefficient (Wildman–Crippen LogP) is 4.71. The Morgan fingerprint density at radius 3 is 2.42 bits per heavy atom. The quantitative estimate of drug-likeness (QED) is 0.484. The molecule has 7 heteroatoms. The van der Waals surface area contributed by atoms with Crippen molar-refractivity contribution in [3.05, 3.63) is 101 Å². The molecule has 4 aromatic rings. The summed E-state index contributed by atoms with van der Waals surface area (Å²) >= 11 is 0. The fraction of sp³-hybridized carbons (Fsp3) is 0.167. The van der Waals surface area contributed by atoms with E-state index in [1.807, 2.05) is 39.8 Å². The van der Waals surface area contributed by atoms with Crippen molar-refractivity contribution >= 4 is 5.91 Å². The zero-order valence-corrected chi connectivity index (χ0v) is 17.1. The van der Waals surface area contributed by atoms with Gasteiger partial charge in [0.1, 0.15) is 5.82 Å². The van der Waals surface area contributed by atoms with Crippen LogP contribution in [0, 0.1) is 25.5 Å². The van der Waals surface area contributed by atoms with Gasteiger partial charge >= 0.3 is 0 Å². The number of amides is 1. The third-order valence-corrected chi connectivity index (χ3v) is 5.77. The lowest BCUT2D eigenvalue weighted by atomic mass is 10.1. The van der Waals surface area contributed by atoms with Crippen LogP contribution in [0.1, 0.15) is 32.7 Å². The second kappa shape index (κ2) is 7.19. The fourth-order valence-electron chi connectivity index (χ4n) is 3.94. The molecule has 0 fully saturated rings. The summed E-state index contributed by atoms with van der Waals surface area (Å²) in [7, 11) is 0. The molecule has 1 amide bonds. The van der Waals surface area contributed by atoms with Crippen LogP contribution in [0.3, 0.4) is 0 Å². The van der Waals surface area contributed by atoms with Gasteiger partial charge in [0.05, 0.1) is 24.5 Å². The van der Waals surface area contributed by atoms with Crippen molar-refractivity contribution in [1.29, 1.82) is 0 Å². The summed E-state index contributed by atoms with van der Waals surface area (Å²) in [5.74, 6) is -1.49. The molecule has 31 heavy (non-hydrogen) atoms. The molecule has 0 saturated heterocycles. The zero-order chi connectivity index (χ0) is 21.7. The molecule has 0 radical (unpaired) electrons. The third kappa shape index (κ3) is 3.22. The molecule has 156 valence electrons. The van der Waals surface area contributed by atoms with Crippen LogP contribution in [-0.4, -0.2) is 25.2 Å². The number of nitrogens with zero attached hydrogens (tertiary/aromatic N) is 4. The Labute approximate surface area is 178 Å². The van der Waals surface area contributed by atoms with E-state index in [4.69, 9.17) is 5.10 Å². The molecule has 0 bridgehead atoms. The van der Waals surface area contributed by atoms with Crippen molar-refractivity contribution in [1.82, 2.24) is 19.2 Å². The van der Waals surface area contributed by atoms with Gasteiger partial charge in [-0.15, -0.1) is 0 Å². The molecular weight excluding hydrogens is 398 g/mol. The normalized spacial score (nSPS) is 13.0. The Morgan fingerprint density at radius 1 is 0.935 bits per heavy atom. The lowest BCUT2D eigenvalue weighted by Gasteiger charge is -2.18. The molecule has 3 heterocycles. The Hall–Kier alpha value is -3.74. The van der Waals surface area contributed by atoms with Crippen molar-refractivity contribution in [2.45, 2.75) is 26.9 Å². The van der Waals surface area contributed by atoms with Crippen molar-refractivity contribution in [3.8, 4) is 11.5 Å². The minimum atomic E-state index is -1.03. The smallest absolute Gasteiger partial charge is 0.254 e. The highest BCUT2D eigenvalue weighted by molar-refractivity contribution is 5.94. The van der Waals surface area contributed by atoms with E-state index in [-0.39, 0.29) is 11.5 Å². The Balaban J connectivity index is 1.54. The van der Waals surface area contributed by atoms with Crippen molar-refractivity contribution in [2.24, 2.45) is 0 Å². The van der Waals surface area contributed by atoms with E-state index in [2.05, 4.69) is 26.0 Å². The van der Waals surface area contributed by atoms with Gasteiger partial charge in [-0.2, -0.15) is 5.10 Å². The number of fused-ring (bicyclic) bond motifs is 1. The third-order valence-electron chi connectivity index (χ3n) is 5.77. The van der Waals surface area contributed by atoms with E-state index in [1.54, 1.807) is 4.90 Å². The van der Waals surface area contributed by atoms with Gasteiger partial charge < -0.3 is 9.47 Å². The molecule has 2 aromatic heterocycles. The number of rotatable bonds is 3. The number of benzene rings is 2. The van der Waals surface area contributed by atoms with Gasteiger partial charge in [-0.3, -0.25) is 4.79 Å². The van der Waals surface area contributed by atoms with Gasteiger partial charge in [-0.1, -0.05) is 6.07 Å². The highest BCUT2D eigenvalue weighted by Gasteiger charge is 2.32. The van der Waals surface area contributed by atoms with Gasteiger partial charge in [0.25, 0.3) is 5.91 Å². The van der Waals surface area contributed by atoms with Gasteiger partial charge in [-0.05, 0) is 67.4 Å². The molecule has 1 aliphatic heterocycles. The number of hydrogen-bond donors (Lipinski definition) is 0. The van der Waals surface area contributed by atoms with Crippen molar-refractivity contribution < 1.29 is 13.6 Å². The van der Waals surface area contributed by atoms with Crippen LogP contribution >= 0.6 is 0 Å². The van der Waals surface area contributed by atoms with Gasteiger partial charge in [0.2, 0.25) is 0 Å². The Bertz CT molecular complexity index is 1310. The first-order valence-electron chi connectivity index (χ1n) is 9.98. The average Bonchev–Trinajstić information content (AvgIpc) is 3.47. The minimum Gasteiger partial charge on any atom is -0.328 e. The highest BCUT2D eigenvalue weighted by Crippen LogP contribution is 2.32. The maximum atomic E-state index is 13.6. The molecule has 1 aliphatic rings. The molecule has 2 aromatic carbocycles. The average molecular weight is 418 g/mol. The lowest BCUT2D eigenvalue weighted by molar-refractivity contribution is 0.0748. The highest BCUT2D eigenvalue weighted by atomic mass is 19.2. The Morgan fingerprint density at radius 2 is 1.71 bits per heavy atom. The first-order chi connectivity index (χ1) is 14.9. The van der Waals surface area contributed by atoms with E-state index < -0.39 is 11.6 Å². The van der Waals surface area contributed by atoms with E-state index in [1.165, 1.54) is 17.2 Å². The zero-order valence-electron chi connectivity index (χ0n) is 17.1. The van der Waals surface area contributed by atoms with Crippen LogP contribution in [0.25, 0.3) is 11.5 Å². The molecule has 0 N–H and O–H groups in total. The summed E-state index contributed by atoms with van der Waals surface area (Å²) in [6.45, 7) is 4.77. The molecule has 5 rings (SSSR count). The van der Waals surface area contributed by atoms with Crippen molar-refractivity contribution in [2.75, 3.05) is 0 Å². The first-order valence-corrected chi connectivity index (χ1v) is 9.98. The summed E-state index contributed by atoms with van der Waals surface area (Å²) in [6.07, 6.45) is 3.88. The molecule has 0 unspecified atom stereocenters. The molecule has 0 spiro atoms. The maximum absolute atomic E-state index is 13.6. The van der Waals surface area contributed by atoms with Crippen LogP contribution in [0.15, 0.2) is 60.9 Å². The molecule has 5 nitrogen and oxygen atoms in total. The largest absolute Gasteiger partial charge is 0.328 e. The van der Waals surface area contributed by atoms with E-state index in [9.17, 15) is 13.6 Å². The van der Waals surface area contributed by atoms with Crippen molar-refractivity contribution in [3.63, 3.8) is 0 Å². The summed E-state index contributed by atoms with van der Waals surface area (Å²) in [4.78, 5) is 14.5. The van der Waals surface area contributed by atoms with E-state index >= 15 is 0 Å². The van der Waals surface area contributed by atoms with Crippen LogP contribution < -0.4 is 0 Å². The topological polar surface area (TPSA) is 43.1 Å². The Kier molecular flexibility index (Phi) is 4.46. The van der Waals surface area contributed by atoms with Gasteiger partial charge in [0, 0.05) is 23.5 Å². The first kappa shape index (κ1) is 19.2. The van der Waals surface area contributed by atoms with E-state index in [0.29, 0.717) is 13.1 Å². The molecule has 0 atom stereocenters. The summed E-state index contributed by atoms with van der Waals surface area (Å²) in [6, 6.07) is 13.3. The van der Waals surface area contributed by atoms with Gasteiger partial charge in [-0.25, -0.2) is 13.5 Å².